The minimum atomic E-state index is -0.608. The summed E-state index contributed by atoms with van der Waals surface area (Å²) in [5.41, 5.74) is 0.0383. The van der Waals surface area contributed by atoms with Crippen LogP contribution in [0.2, 0.25) is 5.32 Å². The van der Waals surface area contributed by atoms with Crippen molar-refractivity contribution >= 4 is 31.2 Å². The molecule has 0 aromatic heterocycles. The summed E-state index contributed by atoms with van der Waals surface area (Å²) in [6.45, 7) is 4.74. The first-order chi connectivity index (χ1) is 12.9. The Morgan fingerprint density at radius 2 is 1.93 bits per heavy atom. The molecule has 3 saturated heterocycles. The Morgan fingerprint density at radius 3 is 2.67 bits per heavy atom. The molecular weight excluding hydrogens is 407 g/mol. The second-order valence-electron chi connectivity index (χ2n) is 9.01. The number of nitrogens with zero attached hydrogens (tertiary/aromatic N) is 2. The zero-order valence-corrected chi connectivity index (χ0v) is 17.8. The number of hydrogen-bond donors (Lipinski definition) is 0. The van der Waals surface area contributed by atoms with Gasteiger partial charge in [0.15, 0.2) is 0 Å². The minimum absolute atomic E-state index is 0.0449. The van der Waals surface area contributed by atoms with Crippen molar-refractivity contribution in [3.8, 4) is 0 Å². The summed E-state index contributed by atoms with van der Waals surface area (Å²) in [7, 11) is 1.59. The Hall–Kier alpha value is -1.20. The Balaban J connectivity index is 1.50. The summed E-state index contributed by atoms with van der Waals surface area (Å²) in [5.74, 6) is 0.0430. The van der Waals surface area contributed by atoms with E-state index in [-0.39, 0.29) is 34.7 Å². The normalized spacial score (nSPS) is 39.7. The fourth-order valence-corrected chi connectivity index (χ4v) is 8.84. The molecule has 27 heavy (non-hydrogen) atoms. The van der Waals surface area contributed by atoms with Gasteiger partial charge in [-0.15, -0.1) is 0 Å². The van der Waals surface area contributed by atoms with Crippen molar-refractivity contribution in [2.24, 2.45) is 17.3 Å². The van der Waals surface area contributed by atoms with Gasteiger partial charge in [-0.25, -0.2) is 0 Å². The molecule has 2 amide bonds. The number of likely N-dealkylation sites (tertiary alicyclic amines) is 1. The van der Waals surface area contributed by atoms with Gasteiger partial charge in [-0.2, -0.15) is 0 Å². The molecule has 1 aliphatic carbocycles. The van der Waals surface area contributed by atoms with Crippen LogP contribution in [0.3, 0.4) is 0 Å². The summed E-state index contributed by atoms with van der Waals surface area (Å²) in [6, 6.07) is 10.7. The molecule has 2 bridgehead atoms. The van der Waals surface area contributed by atoms with E-state index in [0.717, 1.165) is 18.2 Å². The summed E-state index contributed by atoms with van der Waals surface area (Å²) >= 11 is 0.335. The van der Waals surface area contributed by atoms with Crippen molar-refractivity contribution in [1.29, 1.82) is 0 Å². The van der Waals surface area contributed by atoms with Gasteiger partial charge in [0.05, 0.1) is 0 Å². The van der Waals surface area contributed by atoms with Crippen molar-refractivity contribution in [2.45, 2.75) is 56.1 Å². The van der Waals surface area contributed by atoms with E-state index >= 15 is 0 Å². The number of carbonyl (C=O) groups excluding carboxylic acids is 2. The van der Waals surface area contributed by atoms with E-state index in [1.807, 2.05) is 0 Å². The SMILES string of the molecule is CN1C(=O)[C@H]2[C@H](ON3[C@@H]2C[C@H]2CC[C@]3(C[Se]c3ccccc3)C2(C)C)C1=O. The maximum atomic E-state index is 12.7. The molecule has 5 rings (SSSR count). The van der Waals surface area contributed by atoms with Crippen molar-refractivity contribution in [3.63, 3.8) is 0 Å². The number of rotatable bonds is 3. The molecule has 1 aromatic carbocycles. The van der Waals surface area contributed by atoms with Crippen molar-refractivity contribution < 1.29 is 14.4 Å². The fraction of sp³-hybridized carbons (Fsp3) is 0.619. The van der Waals surface area contributed by atoms with Gasteiger partial charge in [-0.05, 0) is 0 Å². The van der Waals surface area contributed by atoms with Crippen LogP contribution >= 0.6 is 0 Å². The molecule has 0 spiro atoms. The van der Waals surface area contributed by atoms with Crippen LogP contribution < -0.4 is 4.46 Å². The first-order valence-electron chi connectivity index (χ1n) is 9.82. The number of imide groups is 1. The van der Waals surface area contributed by atoms with Gasteiger partial charge in [-0.3, -0.25) is 0 Å². The van der Waals surface area contributed by atoms with Crippen LogP contribution in [0.1, 0.15) is 33.1 Å². The predicted molar refractivity (Wildman–Crippen MR) is 102 cm³/mol. The molecule has 4 aliphatic rings. The predicted octanol–water partition coefficient (Wildman–Crippen LogP) is 1.61. The van der Waals surface area contributed by atoms with Crippen LogP contribution in [0.25, 0.3) is 0 Å². The molecule has 3 heterocycles. The van der Waals surface area contributed by atoms with Gasteiger partial charge in [0.1, 0.15) is 0 Å². The number of fused-ring (bicyclic) bond motifs is 6. The average molecular weight is 433 g/mol. The molecule has 1 saturated carbocycles. The van der Waals surface area contributed by atoms with Crippen molar-refractivity contribution in [3.05, 3.63) is 30.3 Å². The van der Waals surface area contributed by atoms with E-state index in [1.165, 1.54) is 15.8 Å². The number of amides is 2. The first kappa shape index (κ1) is 17.9. The monoisotopic (exact) mass is 434 g/mol. The summed E-state index contributed by atoms with van der Waals surface area (Å²) in [4.78, 5) is 32.9. The molecule has 1 aromatic rings. The second-order valence-corrected chi connectivity index (χ2v) is 11.2. The van der Waals surface area contributed by atoms with E-state index < -0.39 is 6.10 Å². The molecule has 3 aliphatic heterocycles. The van der Waals surface area contributed by atoms with Crippen LogP contribution in [-0.2, 0) is 14.4 Å². The second kappa shape index (κ2) is 5.90. The molecule has 0 N–H and O–H groups in total. The van der Waals surface area contributed by atoms with E-state index in [0.29, 0.717) is 20.9 Å². The topological polar surface area (TPSA) is 49.9 Å². The van der Waals surface area contributed by atoms with Gasteiger partial charge in [0.2, 0.25) is 0 Å². The van der Waals surface area contributed by atoms with Crippen LogP contribution in [0.5, 0.6) is 0 Å². The Bertz CT molecular complexity index is 798. The maximum absolute atomic E-state index is 12.7. The van der Waals surface area contributed by atoms with Crippen LogP contribution in [0, 0.1) is 17.3 Å². The van der Waals surface area contributed by atoms with E-state index in [9.17, 15) is 9.59 Å². The third kappa shape index (κ3) is 2.24. The van der Waals surface area contributed by atoms with Gasteiger partial charge in [0.25, 0.3) is 0 Å². The summed E-state index contributed by atoms with van der Waals surface area (Å²) in [5, 5.41) is 3.21. The number of hydroxylamine groups is 2. The third-order valence-corrected chi connectivity index (χ3v) is 10.3. The molecular formula is C21H26N2O3Se. The Kier molecular flexibility index (Phi) is 3.90. The number of likely N-dealkylation sites (N-methyl/N-ethyl adjacent to an activating group) is 1. The summed E-state index contributed by atoms with van der Waals surface area (Å²) < 4.78 is 1.40. The van der Waals surface area contributed by atoms with Crippen molar-refractivity contribution in [2.75, 3.05) is 7.05 Å². The van der Waals surface area contributed by atoms with E-state index in [2.05, 4.69) is 49.2 Å². The first-order valence-corrected chi connectivity index (χ1v) is 11.9. The number of hydrogen-bond acceptors (Lipinski definition) is 4. The van der Waals surface area contributed by atoms with Crippen LogP contribution in [-0.4, -0.2) is 61.5 Å². The fourth-order valence-electron chi connectivity index (χ4n) is 5.91. The third-order valence-electron chi connectivity index (χ3n) is 7.75. The molecule has 6 heteroatoms. The van der Waals surface area contributed by atoms with E-state index in [1.54, 1.807) is 7.05 Å². The van der Waals surface area contributed by atoms with Crippen LogP contribution in [0.4, 0.5) is 0 Å². The molecule has 5 atom stereocenters. The van der Waals surface area contributed by atoms with Gasteiger partial charge in [-0.1, -0.05) is 0 Å². The number of carbonyl (C=O) groups is 2. The number of benzene rings is 1. The van der Waals surface area contributed by atoms with Crippen LogP contribution in [0.15, 0.2) is 30.3 Å². The van der Waals surface area contributed by atoms with Crippen molar-refractivity contribution in [1.82, 2.24) is 9.96 Å². The Morgan fingerprint density at radius 1 is 1.19 bits per heavy atom. The average Bonchev–Trinajstić information content (AvgIpc) is 3.17. The molecule has 0 unspecified atom stereocenters. The molecule has 0 radical (unpaired) electrons. The Labute approximate surface area is 166 Å². The zero-order valence-electron chi connectivity index (χ0n) is 16.1. The zero-order chi connectivity index (χ0) is 19.0. The number of piperidine rings is 1. The molecule has 4 fully saturated rings. The van der Waals surface area contributed by atoms with E-state index in [4.69, 9.17) is 4.84 Å². The van der Waals surface area contributed by atoms with Gasteiger partial charge in [0, 0.05) is 0 Å². The standard InChI is InChI=1S/C21H26N2O3Se/c1-20(2)13-9-10-21(20,12-27-14-7-5-4-6-8-14)23-15(11-13)16-17(26-23)19(25)22(3)18(16)24/h4-8,13,15-17H,9-12H2,1-3H3/t13-,15-,16-,17+,21+/m1/s1. The van der Waals surface area contributed by atoms with Gasteiger partial charge < -0.3 is 0 Å². The quantitative estimate of drug-likeness (QED) is 0.537. The molecule has 144 valence electrons. The summed E-state index contributed by atoms with van der Waals surface area (Å²) in [6.07, 6.45) is 2.63. The van der Waals surface area contributed by atoms with Gasteiger partial charge >= 0.3 is 166 Å². The molecule has 5 nitrogen and oxygen atoms in total.